The Bertz CT molecular complexity index is 311. The smallest absolute Gasteiger partial charge is 0.250 e. The minimum Gasteiger partial charge on any atom is -0.478 e. The first-order chi connectivity index (χ1) is 7.26. The predicted molar refractivity (Wildman–Crippen MR) is 55.9 cm³/mol. The van der Waals surface area contributed by atoms with E-state index >= 15 is 0 Å². The lowest BCUT2D eigenvalue weighted by molar-refractivity contribution is -0.119. The van der Waals surface area contributed by atoms with E-state index in [1.165, 1.54) is 7.11 Å². The van der Waals surface area contributed by atoms with Crippen LogP contribution in [0.1, 0.15) is 6.92 Å². The Labute approximate surface area is 88.4 Å². The van der Waals surface area contributed by atoms with Crippen molar-refractivity contribution in [3.8, 4) is 5.88 Å². The molecule has 0 aliphatic rings. The summed E-state index contributed by atoms with van der Waals surface area (Å²) in [6, 6.07) is 3.43. The predicted octanol–water partition coefficient (Wildman–Crippen LogP) is 1.07. The van der Waals surface area contributed by atoms with Gasteiger partial charge in [-0.25, -0.2) is 4.98 Å². The van der Waals surface area contributed by atoms with E-state index in [0.29, 0.717) is 18.2 Å². The summed E-state index contributed by atoms with van der Waals surface area (Å²) in [5.41, 5.74) is 0.625. The molecule has 0 unspecified atom stereocenters. The van der Waals surface area contributed by atoms with Gasteiger partial charge in [0.1, 0.15) is 6.61 Å². The van der Waals surface area contributed by atoms with Crippen molar-refractivity contribution >= 4 is 11.6 Å². The number of nitrogens with one attached hydrogen (secondary N) is 1. The molecule has 1 aromatic rings. The lowest BCUT2D eigenvalue weighted by Crippen LogP contribution is -2.17. The Morgan fingerprint density at radius 1 is 1.53 bits per heavy atom. The maximum absolute atomic E-state index is 11.1. The average Bonchev–Trinajstić information content (AvgIpc) is 2.22. The second kappa shape index (κ2) is 5.98. The molecule has 5 heteroatoms. The molecule has 0 fully saturated rings. The summed E-state index contributed by atoms with van der Waals surface area (Å²) in [5, 5.41) is 2.63. The molecule has 0 radical (unpaired) electrons. The minimum absolute atomic E-state index is 0.0349. The first-order valence-electron chi connectivity index (χ1n) is 4.64. The van der Waals surface area contributed by atoms with Gasteiger partial charge in [0.2, 0.25) is 11.8 Å². The van der Waals surface area contributed by atoms with Gasteiger partial charge in [-0.1, -0.05) is 0 Å². The average molecular weight is 210 g/mol. The number of pyridine rings is 1. The van der Waals surface area contributed by atoms with Crippen LogP contribution in [0.15, 0.2) is 18.3 Å². The normalized spacial score (nSPS) is 9.73. The number of carbonyl (C=O) groups excluding carboxylic acids is 1. The van der Waals surface area contributed by atoms with Crippen LogP contribution in [0, 0.1) is 0 Å². The lowest BCUT2D eigenvalue weighted by Gasteiger charge is -2.05. The van der Waals surface area contributed by atoms with Gasteiger partial charge in [-0.3, -0.25) is 4.79 Å². The molecular formula is C10H14N2O3. The lowest BCUT2D eigenvalue weighted by atomic mass is 10.4. The SMILES string of the molecule is CCOc1ccc(NC(=O)COC)cn1. The highest BCUT2D eigenvalue weighted by molar-refractivity contribution is 5.91. The van der Waals surface area contributed by atoms with Gasteiger partial charge in [-0.2, -0.15) is 0 Å². The third-order valence-electron chi connectivity index (χ3n) is 1.59. The van der Waals surface area contributed by atoms with Crippen LogP contribution in [0.3, 0.4) is 0 Å². The van der Waals surface area contributed by atoms with Gasteiger partial charge in [-0.15, -0.1) is 0 Å². The van der Waals surface area contributed by atoms with E-state index in [1.807, 2.05) is 6.92 Å². The van der Waals surface area contributed by atoms with Crippen LogP contribution in [-0.2, 0) is 9.53 Å². The van der Waals surface area contributed by atoms with Crippen LogP contribution in [0.25, 0.3) is 0 Å². The zero-order chi connectivity index (χ0) is 11.1. The van der Waals surface area contributed by atoms with E-state index in [0.717, 1.165) is 0 Å². The van der Waals surface area contributed by atoms with Gasteiger partial charge in [0, 0.05) is 13.2 Å². The Balaban J connectivity index is 2.52. The maximum atomic E-state index is 11.1. The summed E-state index contributed by atoms with van der Waals surface area (Å²) in [5.74, 6) is 0.339. The Morgan fingerprint density at radius 3 is 2.87 bits per heavy atom. The number of hydrogen-bond acceptors (Lipinski definition) is 4. The summed E-state index contributed by atoms with van der Waals surface area (Å²) in [6.45, 7) is 2.49. The summed E-state index contributed by atoms with van der Waals surface area (Å²) in [6.07, 6.45) is 1.54. The second-order valence-corrected chi connectivity index (χ2v) is 2.80. The second-order valence-electron chi connectivity index (χ2n) is 2.80. The number of aromatic nitrogens is 1. The molecule has 1 heterocycles. The fraction of sp³-hybridized carbons (Fsp3) is 0.400. The van der Waals surface area contributed by atoms with Crippen LogP contribution in [0.5, 0.6) is 5.88 Å². The van der Waals surface area contributed by atoms with Crippen LogP contribution < -0.4 is 10.1 Å². The molecule has 1 N–H and O–H groups in total. The number of rotatable bonds is 5. The Kier molecular flexibility index (Phi) is 4.56. The van der Waals surface area contributed by atoms with Gasteiger partial charge in [0.15, 0.2) is 0 Å². The van der Waals surface area contributed by atoms with E-state index in [1.54, 1.807) is 18.3 Å². The van der Waals surface area contributed by atoms with Crippen LogP contribution in [0.2, 0.25) is 0 Å². The number of nitrogens with zero attached hydrogens (tertiary/aromatic N) is 1. The van der Waals surface area contributed by atoms with Gasteiger partial charge >= 0.3 is 0 Å². The highest BCUT2D eigenvalue weighted by atomic mass is 16.5. The van der Waals surface area contributed by atoms with Crippen LogP contribution >= 0.6 is 0 Å². The van der Waals surface area contributed by atoms with Crippen LogP contribution in [-0.4, -0.2) is 31.2 Å². The quantitative estimate of drug-likeness (QED) is 0.789. The van der Waals surface area contributed by atoms with Crippen molar-refractivity contribution in [1.82, 2.24) is 4.98 Å². The zero-order valence-corrected chi connectivity index (χ0v) is 8.82. The Hall–Kier alpha value is -1.62. The van der Waals surface area contributed by atoms with E-state index in [9.17, 15) is 4.79 Å². The molecule has 0 aliphatic heterocycles. The fourth-order valence-corrected chi connectivity index (χ4v) is 1.02. The highest BCUT2D eigenvalue weighted by Crippen LogP contribution is 2.11. The van der Waals surface area contributed by atoms with Crippen molar-refractivity contribution in [1.29, 1.82) is 0 Å². The molecule has 0 spiro atoms. The molecule has 1 rings (SSSR count). The molecule has 0 saturated heterocycles. The summed E-state index contributed by atoms with van der Waals surface area (Å²) in [7, 11) is 1.47. The van der Waals surface area contributed by atoms with Crippen LogP contribution in [0.4, 0.5) is 5.69 Å². The minimum atomic E-state index is -0.205. The molecule has 0 aromatic carbocycles. The molecule has 5 nitrogen and oxygen atoms in total. The standard InChI is InChI=1S/C10H14N2O3/c1-3-15-10-5-4-8(6-11-10)12-9(13)7-14-2/h4-6H,3,7H2,1-2H3,(H,12,13). The number of methoxy groups -OCH3 is 1. The largest absolute Gasteiger partial charge is 0.478 e. The molecular weight excluding hydrogens is 196 g/mol. The summed E-state index contributed by atoms with van der Waals surface area (Å²) >= 11 is 0. The van der Waals surface area contributed by atoms with Gasteiger partial charge in [-0.05, 0) is 13.0 Å². The van der Waals surface area contributed by atoms with Crippen molar-refractivity contribution < 1.29 is 14.3 Å². The van der Waals surface area contributed by atoms with E-state index in [2.05, 4.69) is 15.0 Å². The number of carbonyl (C=O) groups is 1. The van der Waals surface area contributed by atoms with Crippen molar-refractivity contribution in [2.45, 2.75) is 6.92 Å². The molecule has 82 valence electrons. The summed E-state index contributed by atoms with van der Waals surface area (Å²) < 4.78 is 9.85. The molecule has 0 aliphatic carbocycles. The number of anilines is 1. The van der Waals surface area contributed by atoms with E-state index in [-0.39, 0.29) is 12.5 Å². The third-order valence-corrected chi connectivity index (χ3v) is 1.59. The monoisotopic (exact) mass is 210 g/mol. The number of amides is 1. The van der Waals surface area contributed by atoms with Gasteiger partial charge < -0.3 is 14.8 Å². The van der Waals surface area contributed by atoms with Crippen molar-refractivity contribution in [3.05, 3.63) is 18.3 Å². The van der Waals surface area contributed by atoms with Crippen molar-refractivity contribution in [2.75, 3.05) is 25.6 Å². The van der Waals surface area contributed by atoms with Gasteiger partial charge in [0.05, 0.1) is 18.5 Å². The molecule has 0 saturated carbocycles. The zero-order valence-electron chi connectivity index (χ0n) is 8.82. The molecule has 1 aromatic heterocycles. The highest BCUT2D eigenvalue weighted by Gasteiger charge is 2.01. The third kappa shape index (κ3) is 3.95. The topological polar surface area (TPSA) is 60.5 Å². The first kappa shape index (κ1) is 11.5. The summed E-state index contributed by atoms with van der Waals surface area (Å²) in [4.78, 5) is 15.1. The molecule has 0 bridgehead atoms. The maximum Gasteiger partial charge on any atom is 0.250 e. The van der Waals surface area contributed by atoms with Gasteiger partial charge in [0.25, 0.3) is 0 Å². The first-order valence-corrected chi connectivity index (χ1v) is 4.64. The molecule has 1 amide bonds. The van der Waals surface area contributed by atoms with E-state index in [4.69, 9.17) is 4.74 Å². The van der Waals surface area contributed by atoms with Crippen molar-refractivity contribution in [3.63, 3.8) is 0 Å². The number of ether oxygens (including phenoxy) is 2. The molecule has 0 atom stereocenters. The van der Waals surface area contributed by atoms with Crippen molar-refractivity contribution in [2.24, 2.45) is 0 Å². The molecule has 15 heavy (non-hydrogen) atoms. The van der Waals surface area contributed by atoms with E-state index < -0.39 is 0 Å². The Morgan fingerprint density at radius 2 is 2.33 bits per heavy atom. The number of hydrogen-bond donors (Lipinski definition) is 1. The fourth-order valence-electron chi connectivity index (χ4n) is 1.02.